The first-order valence-corrected chi connectivity index (χ1v) is 5.74. The Morgan fingerprint density at radius 2 is 2.17 bits per heavy atom. The highest BCUT2D eigenvalue weighted by Crippen LogP contribution is 2.32. The summed E-state index contributed by atoms with van der Waals surface area (Å²) in [6.07, 6.45) is -1.84. The van der Waals surface area contributed by atoms with Crippen molar-refractivity contribution in [2.75, 3.05) is 6.54 Å². The lowest BCUT2D eigenvalue weighted by molar-refractivity contribution is -0.141. The van der Waals surface area contributed by atoms with E-state index < -0.39 is 18.6 Å². The fraction of sp³-hybridized carbons (Fsp3) is 0.455. The number of amides is 1. The maximum absolute atomic E-state index is 12.4. The smallest absolute Gasteiger partial charge is 0.326 e. The van der Waals surface area contributed by atoms with Gasteiger partial charge in [0.2, 0.25) is 0 Å². The van der Waals surface area contributed by atoms with E-state index in [2.05, 4.69) is 4.98 Å². The highest BCUT2D eigenvalue weighted by atomic mass is 35.5. The summed E-state index contributed by atoms with van der Waals surface area (Å²) >= 11 is 5.72. The Morgan fingerprint density at radius 1 is 1.50 bits per heavy atom. The van der Waals surface area contributed by atoms with E-state index in [1.807, 2.05) is 0 Å². The third kappa shape index (κ3) is 3.13. The van der Waals surface area contributed by atoms with Crippen molar-refractivity contribution in [3.05, 3.63) is 29.0 Å². The molecule has 1 aromatic heterocycles. The van der Waals surface area contributed by atoms with Crippen molar-refractivity contribution in [1.29, 1.82) is 0 Å². The van der Waals surface area contributed by atoms with Crippen LogP contribution in [0.15, 0.2) is 18.3 Å². The zero-order valence-corrected chi connectivity index (χ0v) is 10.0. The number of carbonyl (C=O) groups is 1. The van der Waals surface area contributed by atoms with E-state index in [0.717, 1.165) is 4.90 Å². The largest absolute Gasteiger partial charge is 0.406 e. The number of nitrogens with zero attached hydrogens (tertiary/aromatic N) is 2. The second kappa shape index (κ2) is 4.76. The molecule has 0 saturated heterocycles. The molecule has 1 saturated carbocycles. The monoisotopic (exact) mass is 278 g/mol. The second-order valence-corrected chi connectivity index (χ2v) is 4.48. The summed E-state index contributed by atoms with van der Waals surface area (Å²) in [7, 11) is 0. The number of aromatic nitrogens is 1. The molecule has 0 aromatic carbocycles. The minimum absolute atomic E-state index is 0.00955. The average Bonchev–Trinajstić information content (AvgIpc) is 3.08. The summed E-state index contributed by atoms with van der Waals surface area (Å²) in [6, 6.07) is 2.51. The first-order valence-electron chi connectivity index (χ1n) is 5.37. The molecule has 1 aromatic rings. The topological polar surface area (TPSA) is 33.2 Å². The van der Waals surface area contributed by atoms with Crippen LogP contribution in [0.5, 0.6) is 0 Å². The van der Waals surface area contributed by atoms with Crippen LogP contribution in [0.3, 0.4) is 0 Å². The molecule has 0 radical (unpaired) electrons. The van der Waals surface area contributed by atoms with E-state index in [4.69, 9.17) is 11.6 Å². The van der Waals surface area contributed by atoms with Crippen molar-refractivity contribution >= 4 is 17.5 Å². The summed E-state index contributed by atoms with van der Waals surface area (Å²) in [4.78, 5) is 16.5. The standard InChI is InChI=1S/C11H10ClF3N2O/c12-9-8(2-1-5-16-9)10(18)17(7-3-4-7)6-11(13,14)15/h1-2,5,7H,3-4,6H2. The molecule has 3 nitrogen and oxygen atoms in total. The molecule has 1 amide bonds. The Kier molecular flexibility index (Phi) is 3.47. The zero-order valence-electron chi connectivity index (χ0n) is 9.25. The van der Waals surface area contributed by atoms with Crippen LogP contribution in [0.1, 0.15) is 23.2 Å². The quantitative estimate of drug-likeness (QED) is 0.797. The molecule has 1 aliphatic rings. The minimum atomic E-state index is -4.41. The van der Waals surface area contributed by atoms with Crippen LogP contribution in [-0.4, -0.2) is 34.6 Å². The van der Waals surface area contributed by atoms with Crippen LogP contribution >= 0.6 is 11.6 Å². The van der Waals surface area contributed by atoms with Gasteiger partial charge in [-0.2, -0.15) is 13.2 Å². The Labute approximate surface area is 107 Å². The van der Waals surface area contributed by atoms with Gasteiger partial charge in [0.05, 0.1) is 5.56 Å². The molecule has 0 spiro atoms. The van der Waals surface area contributed by atoms with E-state index >= 15 is 0 Å². The summed E-state index contributed by atoms with van der Waals surface area (Å²) in [5, 5.41) is -0.0738. The molecule has 0 unspecified atom stereocenters. The lowest BCUT2D eigenvalue weighted by Crippen LogP contribution is -2.40. The van der Waals surface area contributed by atoms with Crippen molar-refractivity contribution in [2.24, 2.45) is 0 Å². The van der Waals surface area contributed by atoms with E-state index in [9.17, 15) is 18.0 Å². The van der Waals surface area contributed by atoms with Gasteiger partial charge in [-0.05, 0) is 25.0 Å². The number of hydrogen-bond acceptors (Lipinski definition) is 2. The van der Waals surface area contributed by atoms with Crippen molar-refractivity contribution in [1.82, 2.24) is 9.88 Å². The van der Waals surface area contributed by atoms with E-state index in [1.54, 1.807) is 0 Å². The van der Waals surface area contributed by atoms with Crippen LogP contribution < -0.4 is 0 Å². The molecule has 0 N–H and O–H groups in total. The zero-order chi connectivity index (χ0) is 13.3. The Hall–Kier alpha value is -1.30. The third-order valence-corrected chi connectivity index (χ3v) is 2.89. The van der Waals surface area contributed by atoms with Crippen LogP contribution in [0.4, 0.5) is 13.2 Å². The van der Waals surface area contributed by atoms with Crippen molar-refractivity contribution in [2.45, 2.75) is 25.1 Å². The van der Waals surface area contributed by atoms with Crippen LogP contribution in [-0.2, 0) is 0 Å². The molecule has 1 aliphatic carbocycles. The van der Waals surface area contributed by atoms with Crippen molar-refractivity contribution in [3.63, 3.8) is 0 Å². The number of alkyl halides is 3. The van der Waals surface area contributed by atoms with Gasteiger partial charge in [0.25, 0.3) is 5.91 Å². The maximum Gasteiger partial charge on any atom is 0.406 e. The molecule has 1 heterocycles. The molecule has 0 atom stereocenters. The lowest BCUT2D eigenvalue weighted by atomic mass is 10.2. The summed E-state index contributed by atoms with van der Waals surface area (Å²) in [5.41, 5.74) is 0.00955. The Balaban J connectivity index is 2.21. The van der Waals surface area contributed by atoms with Crippen LogP contribution in [0, 0.1) is 0 Å². The van der Waals surface area contributed by atoms with E-state index in [0.29, 0.717) is 12.8 Å². The van der Waals surface area contributed by atoms with Crippen molar-refractivity contribution in [3.8, 4) is 0 Å². The second-order valence-electron chi connectivity index (χ2n) is 4.12. The molecule has 1 fully saturated rings. The first-order chi connectivity index (χ1) is 8.38. The molecule has 2 rings (SSSR count). The van der Waals surface area contributed by atoms with Crippen molar-refractivity contribution < 1.29 is 18.0 Å². The first kappa shape index (κ1) is 13.1. The van der Waals surface area contributed by atoms with Gasteiger partial charge in [-0.1, -0.05) is 11.6 Å². The van der Waals surface area contributed by atoms with Gasteiger partial charge in [0.1, 0.15) is 11.7 Å². The van der Waals surface area contributed by atoms with Crippen LogP contribution in [0.2, 0.25) is 5.15 Å². The number of halogens is 4. The lowest BCUT2D eigenvalue weighted by Gasteiger charge is -2.23. The fourth-order valence-electron chi connectivity index (χ4n) is 1.65. The maximum atomic E-state index is 12.4. The van der Waals surface area contributed by atoms with Gasteiger partial charge in [0.15, 0.2) is 0 Å². The van der Waals surface area contributed by atoms with Gasteiger partial charge in [-0.15, -0.1) is 0 Å². The van der Waals surface area contributed by atoms with Gasteiger partial charge in [-0.25, -0.2) is 4.98 Å². The number of hydrogen-bond donors (Lipinski definition) is 0. The highest BCUT2D eigenvalue weighted by molar-refractivity contribution is 6.32. The van der Waals surface area contributed by atoms with Crippen LogP contribution in [0.25, 0.3) is 0 Å². The van der Waals surface area contributed by atoms with Gasteiger partial charge >= 0.3 is 6.18 Å². The SMILES string of the molecule is O=C(c1cccnc1Cl)N(CC(F)(F)F)C1CC1. The molecule has 7 heteroatoms. The highest BCUT2D eigenvalue weighted by Gasteiger charge is 2.41. The molecule has 98 valence electrons. The van der Waals surface area contributed by atoms with Gasteiger partial charge in [-0.3, -0.25) is 4.79 Å². The van der Waals surface area contributed by atoms with Gasteiger partial charge < -0.3 is 4.90 Å². The minimum Gasteiger partial charge on any atom is -0.326 e. The molecule has 0 aliphatic heterocycles. The van der Waals surface area contributed by atoms with Gasteiger partial charge in [0, 0.05) is 12.2 Å². The number of pyridine rings is 1. The number of carbonyl (C=O) groups excluding carboxylic acids is 1. The third-order valence-electron chi connectivity index (χ3n) is 2.59. The fourth-order valence-corrected chi connectivity index (χ4v) is 1.85. The predicted molar refractivity (Wildman–Crippen MR) is 59.4 cm³/mol. The van der Waals surface area contributed by atoms with E-state index in [-0.39, 0.29) is 16.8 Å². The molecule has 0 bridgehead atoms. The molecular weight excluding hydrogens is 269 g/mol. The Bertz CT molecular complexity index is 460. The summed E-state index contributed by atoms with van der Waals surface area (Å²) in [6.45, 7) is -1.25. The summed E-state index contributed by atoms with van der Waals surface area (Å²) in [5.74, 6) is -0.715. The number of rotatable bonds is 3. The molecular formula is C11H10ClF3N2O. The Morgan fingerprint density at radius 3 is 2.67 bits per heavy atom. The normalized spacial score (nSPS) is 15.6. The average molecular weight is 279 g/mol. The summed E-state index contributed by atoms with van der Waals surface area (Å²) < 4.78 is 37.3. The van der Waals surface area contributed by atoms with E-state index in [1.165, 1.54) is 18.3 Å². The molecule has 18 heavy (non-hydrogen) atoms. The predicted octanol–water partition coefficient (Wildman–Crippen LogP) is 2.90.